The van der Waals surface area contributed by atoms with Gasteiger partial charge in [-0.1, -0.05) is 23.7 Å². The number of nitrogens with one attached hydrogen (secondary N) is 2. The minimum Gasteiger partial charge on any atom is -0.497 e. The Morgan fingerprint density at radius 1 is 1.08 bits per heavy atom. The largest absolute Gasteiger partial charge is 0.497 e. The molecule has 0 saturated carbocycles. The number of anilines is 1. The van der Waals surface area contributed by atoms with Gasteiger partial charge in [-0.15, -0.1) is 0 Å². The molecule has 128 valence electrons. The van der Waals surface area contributed by atoms with Crippen molar-refractivity contribution in [1.29, 1.82) is 0 Å². The third kappa shape index (κ3) is 5.35. The first-order valence-corrected chi connectivity index (χ1v) is 7.97. The molecular formula is C18H21ClN2O3. The van der Waals surface area contributed by atoms with E-state index in [2.05, 4.69) is 10.6 Å². The third-order valence-corrected chi connectivity index (χ3v) is 3.75. The highest BCUT2D eigenvalue weighted by Gasteiger charge is 2.07. The van der Waals surface area contributed by atoms with Gasteiger partial charge < -0.3 is 20.1 Å². The highest BCUT2D eigenvalue weighted by atomic mass is 35.5. The van der Waals surface area contributed by atoms with Crippen LogP contribution in [-0.4, -0.2) is 33.2 Å². The number of amides is 1. The minimum atomic E-state index is -0.0890. The summed E-state index contributed by atoms with van der Waals surface area (Å²) in [4.78, 5) is 11.9. The molecule has 0 aliphatic rings. The summed E-state index contributed by atoms with van der Waals surface area (Å²) in [5, 5.41) is 6.64. The van der Waals surface area contributed by atoms with E-state index in [0.29, 0.717) is 28.8 Å². The van der Waals surface area contributed by atoms with Crippen molar-refractivity contribution in [2.24, 2.45) is 0 Å². The topological polar surface area (TPSA) is 59.6 Å². The Labute approximate surface area is 146 Å². The smallest absolute Gasteiger partial charge is 0.239 e. The van der Waals surface area contributed by atoms with Crippen LogP contribution in [0, 0.1) is 0 Å². The number of hydrogen-bond acceptors (Lipinski definition) is 4. The molecule has 2 rings (SSSR count). The summed E-state index contributed by atoms with van der Waals surface area (Å²) in [6, 6.07) is 13.0. The highest BCUT2D eigenvalue weighted by molar-refractivity contribution is 6.30. The van der Waals surface area contributed by atoms with Gasteiger partial charge in [-0.05, 0) is 36.2 Å². The van der Waals surface area contributed by atoms with Crippen molar-refractivity contribution in [2.45, 2.75) is 6.42 Å². The van der Waals surface area contributed by atoms with E-state index in [1.807, 2.05) is 24.3 Å². The molecule has 0 bridgehead atoms. The Kier molecular flexibility index (Phi) is 6.75. The Bertz CT molecular complexity index is 674. The van der Waals surface area contributed by atoms with Crippen molar-refractivity contribution in [3.8, 4) is 11.5 Å². The van der Waals surface area contributed by atoms with Gasteiger partial charge in [0.15, 0.2) is 0 Å². The molecule has 0 aromatic heterocycles. The SMILES string of the molecule is COc1ccc(OC)c(NCC(=O)NCCc2ccc(Cl)cc2)c1. The van der Waals surface area contributed by atoms with E-state index in [1.165, 1.54) is 0 Å². The zero-order valence-electron chi connectivity index (χ0n) is 13.8. The lowest BCUT2D eigenvalue weighted by Gasteiger charge is -2.12. The maximum Gasteiger partial charge on any atom is 0.239 e. The second-order valence-corrected chi connectivity index (χ2v) is 5.58. The highest BCUT2D eigenvalue weighted by Crippen LogP contribution is 2.28. The zero-order valence-corrected chi connectivity index (χ0v) is 14.5. The molecule has 5 nitrogen and oxygen atoms in total. The lowest BCUT2D eigenvalue weighted by molar-refractivity contribution is -0.119. The number of hydrogen-bond donors (Lipinski definition) is 2. The molecule has 0 aliphatic heterocycles. The molecule has 0 saturated heterocycles. The maximum atomic E-state index is 11.9. The van der Waals surface area contributed by atoms with Crippen molar-refractivity contribution >= 4 is 23.2 Å². The number of ether oxygens (including phenoxy) is 2. The molecule has 24 heavy (non-hydrogen) atoms. The first kappa shape index (κ1) is 17.9. The maximum absolute atomic E-state index is 11.9. The summed E-state index contributed by atoms with van der Waals surface area (Å²) in [7, 11) is 3.17. The average molecular weight is 349 g/mol. The van der Waals surface area contributed by atoms with Crippen LogP contribution in [0.15, 0.2) is 42.5 Å². The first-order chi connectivity index (χ1) is 11.6. The van der Waals surface area contributed by atoms with E-state index in [0.717, 1.165) is 12.0 Å². The predicted octanol–water partition coefficient (Wildman–Crippen LogP) is 3.13. The summed E-state index contributed by atoms with van der Waals surface area (Å²) in [6.07, 6.45) is 0.755. The fourth-order valence-corrected chi connectivity index (χ4v) is 2.31. The lowest BCUT2D eigenvalue weighted by atomic mass is 10.1. The monoisotopic (exact) mass is 348 g/mol. The van der Waals surface area contributed by atoms with Gasteiger partial charge in [0.2, 0.25) is 5.91 Å². The van der Waals surface area contributed by atoms with E-state index in [1.54, 1.807) is 32.4 Å². The predicted molar refractivity (Wildman–Crippen MR) is 96.2 cm³/mol. The van der Waals surface area contributed by atoms with Crippen LogP contribution in [0.2, 0.25) is 5.02 Å². The minimum absolute atomic E-state index is 0.0890. The van der Waals surface area contributed by atoms with Gasteiger partial charge in [0.1, 0.15) is 11.5 Å². The van der Waals surface area contributed by atoms with Gasteiger partial charge in [0, 0.05) is 17.6 Å². The van der Waals surface area contributed by atoms with Crippen LogP contribution in [0.5, 0.6) is 11.5 Å². The van der Waals surface area contributed by atoms with Gasteiger partial charge >= 0.3 is 0 Å². The van der Waals surface area contributed by atoms with Crippen LogP contribution in [0.3, 0.4) is 0 Å². The van der Waals surface area contributed by atoms with Gasteiger partial charge in [-0.25, -0.2) is 0 Å². The Morgan fingerprint density at radius 3 is 2.50 bits per heavy atom. The number of carbonyl (C=O) groups is 1. The fraction of sp³-hybridized carbons (Fsp3) is 0.278. The summed E-state index contributed by atoms with van der Waals surface area (Å²) in [5.41, 5.74) is 1.84. The molecule has 2 N–H and O–H groups in total. The molecule has 0 aliphatic carbocycles. The van der Waals surface area contributed by atoms with Crippen molar-refractivity contribution in [2.75, 3.05) is 32.6 Å². The Hall–Kier alpha value is -2.40. The van der Waals surface area contributed by atoms with Crippen LogP contribution in [0.25, 0.3) is 0 Å². The van der Waals surface area contributed by atoms with E-state index in [4.69, 9.17) is 21.1 Å². The van der Waals surface area contributed by atoms with Crippen molar-refractivity contribution in [3.05, 3.63) is 53.1 Å². The molecular weight excluding hydrogens is 328 g/mol. The molecule has 0 unspecified atom stereocenters. The second kappa shape index (κ2) is 9.03. The summed E-state index contributed by atoms with van der Waals surface area (Å²) in [5.74, 6) is 1.26. The van der Waals surface area contributed by atoms with Crippen molar-refractivity contribution in [1.82, 2.24) is 5.32 Å². The van der Waals surface area contributed by atoms with Gasteiger partial charge in [-0.3, -0.25) is 4.79 Å². The molecule has 0 heterocycles. The van der Waals surface area contributed by atoms with Gasteiger partial charge in [-0.2, -0.15) is 0 Å². The summed E-state index contributed by atoms with van der Waals surface area (Å²) >= 11 is 5.84. The number of halogens is 1. The average Bonchev–Trinajstić information content (AvgIpc) is 2.61. The summed E-state index contributed by atoms with van der Waals surface area (Å²) in [6.45, 7) is 0.724. The van der Waals surface area contributed by atoms with Crippen LogP contribution < -0.4 is 20.1 Å². The van der Waals surface area contributed by atoms with E-state index in [-0.39, 0.29) is 12.5 Å². The van der Waals surface area contributed by atoms with Crippen LogP contribution in [0.4, 0.5) is 5.69 Å². The van der Waals surface area contributed by atoms with Gasteiger partial charge in [0.25, 0.3) is 0 Å². The summed E-state index contributed by atoms with van der Waals surface area (Å²) < 4.78 is 10.4. The number of benzene rings is 2. The van der Waals surface area contributed by atoms with Gasteiger partial charge in [0.05, 0.1) is 26.5 Å². The number of carbonyl (C=O) groups excluding carboxylic acids is 1. The number of methoxy groups -OCH3 is 2. The van der Waals surface area contributed by atoms with Crippen molar-refractivity contribution in [3.63, 3.8) is 0 Å². The van der Waals surface area contributed by atoms with E-state index in [9.17, 15) is 4.79 Å². The Morgan fingerprint density at radius 2 is 1.83 bits per heavy atom. The molecule has 0 atom stereocenters. The molecule has 0 spiro atoms. The molecule has 1 amide bonds. The van der Waals surface area contributed by atoms with Crippen LogP contribution >= 0.6 is 11.6 Å². The second-order valence-electron chi connectivity index (χ2n) is 5.15. The fourth-order valence-electron chi connectivity index (χ4n) is 2.19. The number of rotatable bonds is 8. The van der Waals surface area contributed by atoms with E-state index < -0.39 is 0 Å². The quantitative estimate of drug-likeness (QED) is 0.769. The standard InChI is InChI=1S/C18H21ClN2O3/c1-23-15-7-8-17(24-2)16(11-15)21-12-18(22)20-10-9-13-3-5-14(19)6-4-13/h3-8,11,21H,9-10,12H2,1-2H3,(H,20,22). The first-order valence-electron chi connectivity index (χ1n) is 7.59. The molecule has 2 aromatic rings. The van der Waals surface area contributed by atoms with Crippen LogP contribution in [-0.2, 0) is 11.2 Å². The molecule has 0 fully saturated rings. The zero-order chi connectivity index (χ0) is 17.4. The Balaban J connectivity index is 1.79. The third-order valence-electron chi connectivity index (χ3n) is 3.50. The van der Waals surface area contributed by atoms with E-state index >= 15 is 0 Å². The lowest BCUT2D eigenvalue weighted by Crippen LogP contribution is -2.31. The molecule has 6 heteroatoms. The normalized spacial score (nSPS) is 10.1. The van der Waals surface area contributed by atoms with Crippen molar-refractivity contribution < 1.29 is 14.3 Å². The molecule has 0 radical (unpaired) electrons. The molecule has 2 aromatic carbocycles. The van der Waals surface area contributed by atoms with Crippen LogP contribution in [0.1, 0.15) is 5.56 Å².